The van der Waals surface area contributed by atoms with Gasteiger partial charge in [-0.05, 0) is 55.5 Å². The minimum atomic E-state index is -0.132. The highest BCUT2D eigenvalue weighted by molar-refractivity contribution is 5.31. The predicted molar refractivity (Wildman–Crippen MR) is 69.5 cm³/mol. The Balaban J connectivity index is 2.37. The van der Waals surface area contributed by atoms with Crippen molar-refractivity contribution in [3.63, 3.8) is 0 Å². The normalized spacial score (nSPS) is 20.5. The fourth-order valence-corrected chi connectivity index (χ4v) is 3.27. The Labute approximate surface area is 103 Å². The summed E-state index contributed by atoms with van der Waals surface area (Å²) >= 11 is 0. The van der Waals surface area contributed by atoms with Gasteiger partial charge in [0.15, 0.2) is 0 Å². The fourth-order valence-electron chi connectivity index (χ4n) is 3.27. The maximum absolute atomic E-state index is 13.4. The third-order valence-electron chi connectivity index (χ3n) is 4.28. The zero-order valence-electron chi connectivity index (χ0n) is 11.0. The first-order valence-corrected chi connectivity index (χ1v) is 6.50. The van der Waals surface area contributed by atoms with Gasteiger partial charge in [-0.2, -0.15) is 0 Å². The van der Waals surface area contributed by atoms with Gasteiger partial charge in [0.1, 0.15) is 5.82 Å². The molecule has 1 atom stereocenters. The van der Waals surface area contributed by atoms with E-state index in [2.05, 4.69) is 19.2 Å². The van der Waals surface area contributed by atoms with Crippen LogP contribution in [0.2, 0.25) is 0 Å². The molecule has 0 heterocycles. The van der Waals surface area contributed by atoms with Crippen molar-refractivity contribution in [3.05, 3.63) is 35.1 Å². The van der Waals surface area contributed by atoms with Crippen LogP contribution in [0.5, 0.6) is 0 Å². The SMILES string of the molecule is CNC(c1cc(F)ccc1C)C1(C)CCCC1. The molecule has 0 aliphatic heterocycles. The van der Waals surface area contributed by atoms with Crippen LogP contribution in [-0.2, 0) is 0 Å². The number of halogens is 1. The van der Waals surface area contributed by atoms with Crippen molar-refractivity contribution in [1.29, 1.82) is 0 Å². The number of nitrogens with one attached hydrogen (secondary N) is 1. The summed E-state index contributed by atoms with van der Waals surface area (Å²) in [6, 6.07) is 5.39. The predicted octanol–water partition coefficient (Wildman–Crippen LogP) is 3.97. The Morgan fingerprint density at radius 1 is 1.29 bits per heavy atom. The standard InChI is InChI=1S/C15H22FN/c1-11-6-7-12(16)10-13(11)14(17-3)15(2)8-4-5-9-15/h6-7,10,14,17H,4-5,8-9H2,1-3H3. The Kier molecular flexibility index (Phi) is 3.53. The molecule has 1 aliphatic rings. The Morgan fingerprint density at radius 2 is 1.94 bits per heavy atom. The van der Waals surface area contributed by atoms with Crippen molar-refractivity contribution in [2.24, 2.45) is 5.41 Å². The van der Waals surface area contributed by atoms with Crippen LogP contribution in [-0.4, -0.2) is 7.05 Å². The van der Waals surface area contributed by atoms with E-state index in [-0.39, 0.29) is 17.3 Å². The third-order valence-corrected chi connectivity index (χ3v) is 4.28. The maximum Gasteiger partial charge on any atom is 0.123 e. The molecular formula is C15H22FN. The molecule has 2 rings (SSSR count). The molecule has 0 radical (unpaired) electrons. The zero-order chi connectivity index (χ0) is 12.5. The van der Waals surface area contributed by atoms with Crippen LogP contribution in [0.25, 0.3) is 0 Å². The highest BCUT2D eigenvalue weighted by Crippen LogP contribution is 2.47. The van der Waals surface area contributed by atoms with Crippen LogP contribution >= 0.6 is 0 Å². The highest BCUT2D eigenvalue weighted by atomic mass is 19.1. The summed E-state index contributed by atoms with van der Waals surface area (Å²) in [5.74, 6) is -0.132. The molecule has 0 aromatic heterocycles. The lowest BCUT2D eigenvalue weighted by Crippen LogP contribution is -2.32. The molecule has 2 heteroatoms. The highest BCUT2D eigenvalue weighted by Gasteiger charge is 2.37. The topological polar surface area (TPSA) is 12.0 Å². The minimum Gasteiger partial charge on any atom is -0.313 e. The van der Waals surface area contributed by atoms with Gasteiger partial charge in [0.05, 0.1) is 0 Å². The summed E-state index contributed by atoms with van der Waals surface area (Å²) in [4.78, 5) is 0. The molecule has 1 fully saturated rings. The molecule has 0 amide bonds. The first kappa shape index (κ1) is 12.6. The zero-order valence-corrected chi connectivity index (χ0v) is 11.0. The minimum absolute atomic E-state index is 0.132. The molecule has 0 bridgehead atoms. The van der Waals surface area contributed by atoms with Crippen LogP contribution in [0.15, 0.2) is 18.2 Å². The Morgan fingerprint density at radius 3 is 2.53 bits per heavy atom. The van der Waals surface area contributed by atoms with E-state index in [0.717, 1.165) is 5.56 Å². The van der Waals surface area contributed by atoms with Crippen molar-refractivity contribution in [1.82, 2.24) is 5.32 Å². The summed E-state index contributed by atoms with van der Waals surface area (Å²) in [6.07, 6.45) is 5.05. The largest absolute Gasteiger partial charge is 0.313 e. The van der Waals surface area contributed by atoms with Gasteiger partial charge in [0, 0.05) is 6.04 Å². The first-order chi connectivity index (χ1) is 8.07. The molecule has 1 unspecified atom stereocenters. The van der Waals surface area contributed by atoms with E-state index in [1.165, 1.54) is 31.2 Å². The van der Waals surface area contributed by atoms with Crippen molar-refractivity contribution < 1.29 is 4.39 Å². The van der Waals surface area contributed by atoms with E-state index in [4.69, 9.17) is 0 Å². The second-order valence-electron chi connectivity index (χ2n) is 5.58. The summed E-state index contributed by atoms with van der Waals surface area (Å²) in [7, 11) is 1.98. The fraction of sp³-hybridized carbons (Fsp3) is 0.600. The van der Waals surface area contributed by atoms with Crippen LogP contribution in [0.1, 0.15) is 49.8 Å². The summed E-state index contributed by atoms with van der Waals surface area (Å²) in [5.41, 5.74) is 2.57. The number of hydrogen-bond acceptors (Lipinski definition) is 1. The lowest BCUT2D eigenvalue weighted by atomic mass is 9.76. The van der Waals surface area contributed by atoms with E-state index < -0.39 is 0 Å². The number of benzene rings is 1. The molecule has 1 saturated carbocycles. The van der Waals surface area contributed by atoms with Crippen molar-refractivity contribution in [2.75, 3.05) is 7.05 Å². The molecule has 1 aliphatic carbocycles. The van der Waals surface area contributed by atoms with E-state index in [9.17, 15) is 4.39 Å². The second kappa shape index (κ2) is 4.77. The van der Waals surface area contributed by atoms with E-state index in [1.54, 1.807) is 12.1 Å². The molecule has 0 saturated heterocycles. The molecule has 94 valence electrons. The van der Waals surface area contributed by atoms with Gasteiger partial charge in [-0.25, -0.2) is 4.39 Å². The van der Waals surface area contributed by atoms with Gasteiger partial charge in [-0.3, -0.25) is 0 Å². The van der Waals surface area contributed by atoms with Crippen LogP contribution in [0, 0.1) is 18.2 Å². The Bertz CT molecular complexity index is 394. The molecule has 1 N–H and O–H groups in total. The molecule has 1 aromatic rings. The lowest BCUT2D eigenvalue weighted by molar-refractivity contribution is 0.232. The third kappa shape index (κ3) is 2.37. The van der Waals surface area contributed by atoms with Crippen molar-refractivity contribution >= 4 is 0 Å². The Hall–Kier alpha value is -0.890. The number of hydrogen-bond donors (Lipinski definition) is 1. The van der Waals surface area contributed by atoms with E-state index >= 15 is 0 Å². The van der Waals surface area contributed by atoms with Crippen molar-refractivity contribution in [2.45, 2.75) is 45.6 Å². The lowest BCUT2D eigenvalue weighted by Gasteiger charge is -2.35. The van der Waals surface area contributed by atoms with Gasteiger partial charge >= 0.3 is 0 Å². The van der Waals surface area contributed by atoms with Gasteiger partial charge in [0.2, 0.25) is 0 Å². The van der Waals surface area contributed by atoms with Gasteiger partial charge in [-0.15, -0.1) is 0 Å². The average Bonchev–Trinajstić information content (AvgIpc) is 2.72. The smallest absolute Gasteiger partial charge is 0.123 e. The second-order valence-corrected chi connectivity index (χ2v) is 5.58. The summed E-state index contributed by atoms with van der Waals surface area (Å²) in [6.45, 7) is 4.39. The van der Waals surface area contributed by atoms with Gasteiger partial charge in [-0.1, -0.05) is 25.8 Å². The van der Waals surface area contributed by atoms with Gasteiger partial charge < -0.3 is 5.32 Å². The summed E-state index contributed by atoms with van der Waals surface area (Å²) in [5, 5.41) is 3.40. The van der Waals surface area contributed by atoms with Crippen LogP contribution in [0.3, 0.4) is 0 Å². The maximum atomic E-state index is 13.4. The summed E-state index contributed by atoms with van der Waals surface area (Å²) < 4.78 is 13.4. The van der Waals surface area contributed by atoms with Crippen molar-refractivity contribution in [3.8, 4) is 0 Å². The molecule has 17 heavy (non-hydrogen) atoms. The monoisotopic (exact) mass is 235 g/mol. The van der Waals surface area contributed by atoms with E-state index in [1.807, 2.05) is 13.1 Å². The average molecular weight is 235 g/mol. The molecular weight excluding hydrogens is 213 g/mol. The van der Waals surface area contributed by atoms with Gasteiger partial charge in [0.25, 0.3) is 0 Å². The van der Waals surface area contributed by atoms with Crippen LogP contribution in [0.4, 0.5) is 4.39 Å². The van der Waals surface area contributed by atoms with E-state index in [0.29, 0.717) is 0 Å². The van der Waals surface area contributed by atoms with Crippen LogP contribution < -0.4 is 5.32 Å². The molecule has 1 aromatic carbocycles. The molecule has 0 spiro atoms. The number of aryl methyl sites for hydroxylation is 1. The quantitative estimate of drug-likeness (QED) is 0.835. The molecule has 1 nitrogen and oxygen atoms in total. The number of rotatable bonds is 3. The first-order valence-electron chi connectivity index (χ1n) is 6.50.